The van der Waals surface area contributed by atoms with Gasteiger partial charge < -0.3 is 19.9 Å². The Morgan fingerprint density at radius 1 is 1.20 bits per heavy atom. The van der Waals surface area contributed by atoms with E-state index in [4.69, 9.17) is 4.74 Å². The van der Waals surface area contributed by atoms with Crippen LogP contribution in [0.1, 0.15) is 38.1 Å². The molecule has 2 rings (SSSR count). The maximum Gasteiger partial charge on any atom is 0.337 e. The first kappa shape index (κ1) is 18.8. The van der Waals surface area contributed by atoms with Crippen molar-refractivity contribution in [3.63, 3.8) is 0 Å². The van der Waals surface area contributed by atoms with Gasteiger partial charge in [0.15, 0.2) is 0 Å². The zero-order valence-electron chi connectivity index (χ0n) is 15.0. The lowest BCUT2D eigenvalue weighted by Crippen LogP contribution is -2.19. The number of carboxylic acids is 1. The number of carbonyl (C=O) groups is 3. The van der Waals surface area contributed by atoms with Gasteiger partial charge in [-0.15, -0.1) is 0 Å². The molecule has 7 heteroatoms. The summed E-state index contributed by atoms with van der Waals surface area (Å²) < 4.78 is 10.3. The first-order valence-electron chi connectivity index (χ1n) is 8.02. The van der Waals surface area contributed by atoms with Gasteiger partial charge in [0.2, 0.25) is 5.91 Å². The topological polar surface area (TPSA) is 102 Å². The average molecular weight is 349 g/mol. The van der Waals surface area contributed by atoms with Crippen molar-refractivity contribution in [1.82, 2.24) is 0 Å². The fourth-order valence-corrected chi connectivity index (χ4v) is 3.03. The molecule has 1 aliphatic carbocycles. The van der Waals surface area contributed by atoms with Gasteiger partial charge in [-0.3, -0.25) is 9.59 Å². The molecule has 0 bridgehead atoms. The molecule has 136 valence electrons. The Balaban J connectivity index is 2.28. The van der Waals surface area contributed by atoms with Gasteiger partial charge in [0, 0.05) is 0 Å². The normalized spacial score (nSPS) is 20.7. The zero-order chi connectivity index (χ0) is 18.9. The number of esters is 1. The molecular formula is C18H23NO6. The number of amides is 1. The third-order valence-electron chi connectivity index (χ3n) is 4.40. The van der Waals surface area contributed by atoms with Crippen molar-refractivity contribution >= 4 is 23.5 Å². The van der Waals surface area contributed by atoms with Crippen molar-refractivity contribution in [2.24, 2.45) is 17.3 Å². The highest BCUT2D eigenvalue weighted by molar-refractivity contribution is 6.01. The van der Waals surface area contributed by atoms with Gasteiger partial charge in [-0.2, -0.15) is 0 Å². The summed E-state index contributed by atoms with van der Waals surface area (Å²) in [6, 6.07) is 4.58. The van der Waals surface area contributed by atoms with Crippen molar-refractivity contribution in [1.29, 1.82) is 0 Å². The number of aliphatic carboxylic acids is 1. The number of carbonyl (C=O) groups excluding carboxylic acids is 2. The lowest BCUT2D eigenvalue weighted by Gasteiger charge is -2.16. The molecule has 1 aliphatic rings. The first-order chi connectivity index (χ1) is 11.6. The summed E-state index contributed by atoms with van der Waals surface area (Å²) in [6.45, 7) is 7.16. The summed E-state index contributed by atoms with van der Waals surface area (Å²) >= 11 is 0. The summed E-state index contributed by atoms with van der Waals surface area (Å²) in [5.41, 5.74) is -0.0400. The van der Waals surface area contributed by atoms with E-state index in [1.807, 2.05) is 13.8 Å². The Labute approximate surface area is 146 Å². The second-order valence-electron chi connectivity index (χ2n) is 6.97. The van der Waals surface area contributed by atoms with Crippen molar-refractivity contribution in [2.45, 2.75) is 33.8 Å². The lowest BCUT2D eigenvalue weighted by molar-refractivity contribution is -0.140. The van der Waals surface area contributed by atoms with Gasteiger partial charge >= 0.3 is 11.9 Å². The molecule has 0 heterocycles. The standard InChI is InChI=1S/C18H23NO6/c1-9(2)25-12-7-6-10(17(23)24-5)8-11(12)19-15(20)13-14(16(21)22)18(13,3)4/h6-9,13-14H,1-5H3,(H,19,20)(H,21,22)/t13-,14+/m0/s1. The van der Waals surface area contributed by atoms with Gasteiger partial charge in [-0.05, 0) is 37.5 Å². The van der Waals surface area contributed by atoms with Crippen LogP contribution >= 0.6 is 0 Å². The van der Waals surface area contributed by atoms with Crippen LogP contribution in [0, 0.1) is 17.3 Å². The number of nitrogens with one attached hydrogen (secondary N) is 1. The number of hydrogen-bond donors (Lipinski definition) is 2. The maximum atomic E-state index is 12.5. The van der Waals surface area contributed by atoms with Crippen LogP contribution in [0.5, 0.6) is 5.75 Å². The molecule has 1 amide bonds. The number of hydrogen-bond acceptors (Lipinski definition) is 5. The fraction of sp³-hybridized carbons (Fsp3) is 0.500. The minimum absolute atomic E-state index is 0.135. The molecule has 1 saturated carbocycles. The fourth-order valence-electron chi connectivity index (χ4n) is 3.03. The van der Waals surface area contributed by atoms with Gasteiger partial charge in [0.25, 0.3) is 0 Å². The molecule has 0 spiro atoms. The predicted molar refractivity (Wildman–Crippen MR) is 90.6 cm³/mol. The second-order valence-corrected chi connectivity index (χ2v) is 6.97. The third-order valence-corrected chi connectivity index (χ3v) is 4.40. The van der Waals surface area contributed by atoms with Crippen molar-refractivity contribution in [2.75, 3.05) is 12.4 Å². The molecule has 0 radical (unpaired) electrons. The van der Waals surface area contributed by atoms with Crippen LogP contribution in [0.25, 0.3) is 0 Å². The van der Waals surface area contributed by atoms with Crippen LogP contribution < -0.4 is 10.1 Å². The van der Waals surface area contributed by atoms with Crippen molar-refractivity contribution in [3.8, 4) is 5.75 Å². The van der Waals surface area contributed by atoms with Crippen LogP contribution in [0.15, 0.2) is 18.2 Å². The number of methoxy groups -OCH3 is 1. The molecule has 2 atom stereocenters. The quantitative estimate of drug-likeness (QED) is 0.765. The van der Waals surface area contributed by atoms with E-state index in [2.05, 4.69) is 10.1 Å². The molecule has 25 heavy (non-hydrogen) atoms. The number of benzene rings is 1. The maximum absolute atomic E-state index is 12.5. The smallest absolute Gasteiger partial charge is 0.337 e. The summed E-state index contributed by atoms with van der Waals surface area (Å²) in [6.07, 6.45) is -0.135. The van der Waals surface area contributed by atoms with E-state index in [-0.39, 0.29) is 11.7 Å². The van der Waals surface area contributed by atoms with E-state index in [0.29, 0.717) is 11.4 Å². The van der Waals surface area contributed by atoms with Crippen molar-refractivity contribution < 1.29 is 29.0 Å². The lowest BCUT2D eigenvalue weighted by atomic mass is 10.1. The highest BCUT2D eigenvalue weighted by atomic mass is 16.5. The first-order valence-corrected chi connectivity index (χ1v) is 8.02. The van der Waals surface area contributed by atoms with Gasteiger partial charge in [0.05, 0.1) is 36.3 Å². The van der Waals surface area contributed by atoms with Crippen LogP contribution in [0.2, 0.25) is 0 Å². The van der Waals surface area contributed by atoms with Gasteiger partial charge in [0.1, 0.15) is 5.75 Å². The van der Waals surface area contributed by atoms with E-state index < -0.39 is 35.1 Å². The number of carboxylic acid groups (broad SMARTS) is 1. The molecule has 0 aliphatic heterocycles. The van der Waals surface area contributed by atoms with E-state index >= 15 is 0 Å². The summed E-state index contributed by atoms with van der Waals surface area (Å²) in [5, 5.41) is 11.9. The molecule has 1 fully saturated rings. The van der Waals surface area contributed by atoms with Crippen LogP contribution in [-0.2, 0) is 14.3 Å². The van der Waals surface area contributed by atoms with Crippen LogP contribution in [0.3, 0.4) is 0 Å². The SMILES string of the molecule is COC(=O)c1ccc(OC(C)C)c(NC(=O)[C@@H]2[C@H](C(=O)O)C2(C)C)c1. The number of rotatable bonds is 6. The highest BCUT2D eigenvalue weighted by Crippen LogP contribution is 2.58. The Bertz CT molecular complexity index is 710. The molecule has 2 N–H and O–H groups in total. The molecule has 0 saturated heterocycles. The average Bonchev–Trinajstić information content (AvgIpc) is 3.10. The molecule has 0 unspecified atom stereocenters. The Morgan fingerprint density at radius 2 is 1.84 bits per heavy atom. The summed E-state index contributed by atoms with van der Waals surface area (Å²) in [5.74, 6) is -2.91. The van der Waals surface area contributed by atoms with Gasteiger partial charge in [-0.1, -0.05) is 13.8 Å². The zero-order valence-corrected chi connectivity index (χ0v) is 15.0. The van der Waals surface area contributed by atoms with Gasteiger partial charge in [-0.25, -0.2) is 4.79 Å². The Kier molecular flexibility index (Phi) is 5.06. The molecule has 1 aromatic carbocycles. The minimum Gasteiger partial charge on any atom is -0.489 e. The molecular weight excluding hydrogens is 326 g/mol. The summed E-state index contributed by atoms with van der Waals surface area (Å²) in [7, 11) is 1.27. The van der Waals surface area contributed by atoms with Crippen LogP contribution in [-0.4, -0.2) is 36.2 Å². The highest BCUT2D eigenvalue weighted by Gasteiger charge is 2.65. The number of ether oxygens (including phenoxy) is 2. The second kappa shape index (κ2) is 6.74. The predicted octanol–water partition coefficient (Wildman–Crippen LogP) is 2.56. The third kappa shape index (κ3) is 3.75. The minimum atomic E-state index is -0.993. The van der Waals surface area contributed by atoms with Crippen LogP contribution in [0.4, 0.5) is 5.69 Å². The van der Waals surface area contributed by atoms with E-state index in [0.717, 1.165) is 0 Å². The monoisotopic (exact) mass is 349 g/mol. The Morgan fingerprint density at radius 3 is 2.32 bits per heavy atom. The Hall–Kier alpha value is -2.57. The molecule has 7 nitrogen and oxygen atoms in total. The van der Waals surface area contributed by atoms with Crippen molar-refractivity contribution in [3.05, 3.63) is 23.8 Å². The molecule has 0 aromatic heterocycles. The van der Waals surface area contributed by atoms with E-state index in [1.165, 1.54) is 13.2 Å². The van der Waals surface area contributed by atoms with E-state index in [1.54, 1.807) is 26.0 Å². The number of anilines is 1. The largest absolute Gasteiger partial charge is 0.489 e. The molecule has 1 aromatic rings. The summed E-state index contributed by atoms with van der Waals surface area (Å²) in [4.78, 5) is 35.5. The van der Waals surface area contributed by atoms with E-state index in [9.17, 15) is 19.5 Å².